The van der Waals surface area contributed by atoms with Crippen LogP contribution in [-0.4, -0.2) is 42.9 Å². The number of aliphatic imine (C=N–C) groups is 1. The predicted octanol–water partition coefficient (Wildman–Crippen LogP) is 2.53. The summed E-state index contributed by atoms with van der Waals surface area (Å²) in [6, 6.07) is 6.62. The van der Waals surface area contributed by atoms with E-state index >= 15 is 0 Å². The SMILES string of the molecule is CCNC(=NCc1ccccc1F)NCCC(=O)N1CCCC(C)C1. The number of hydrogen-bond donors (Lipinski definition) is 2. The van der Waals surface area contributed by atoms with Crippen molar-refractivity contribution >= 4 is 11.9 Å². The summed E-state index contributed by atoms with van der Waals surface area (Å²) in [5.74, 6) is 1.12. The Balaban J connectivity index is 1.81. The summed E-state index contributed by atoms with van der Waals surface area (Å²) in [4.78, 5) is 18.6. The molecular weight excluding hydrogens is 319 g/mol. The molecule has 1 heterocycles. The zero-order valence-electron chi connectivity index (χ0n) is 15.2. The van der Waals surface area contributed by atoms with Crippen LogP contribution in [0.25, 0.3) is 0 Å². The van der Waals surface area contributed by atoms with E-state index in [0.29, 0.717) is 37.0 Å². The Morgan fingerprint density at radius 3 is 2.88 bits per heavy atom. The Morgan fingerprint density at radius 2 is 2.16 bits per heavy atom. The Bertz CT molecular complexity index is 591. The van der Waals surface area contributed by atoms with Crippen molar-refractivity contribution in [2.75, 3.05) is 26.2 Å². The van der Waals surface area contributed by atoms with Gasteiger partial charge >= 0.3 is 0 Å². The van der Waals surface area contributed by atoms with Crippen molar-refractivity contribution in [2.24, 2.45) is 10.9 Å². The predicted molar refractivity (Wildman–Crippen MR) is 98.8 cm³/mol. The molecule has 1 aliphatic heterocycles. The van der Waals surface area contributed by atoms with Gasteiger partial charge in [-0.1, -0.05) is 25.1 Å². The van der Waals surface area contributed by atoms with Gasteiger partial charge in [0.05, 0.1) is 6.54 Å². The molecule has 1 aromatic carbocycles. The van der Waals surface area contributed by atoms with Gasteiger partial charge in [0.1, 0.15) is 5.82 Å². The molecule has 1 unspecified atom stereocenters. The first-order valence-electron chi connectivity index (χ1n) is 9.13. The van der Waals surface area contributed by atoms with Crippen LogP contribution >= 0.6 is 0 Å². The van der Waals surface area contributed by atoms with E-state index in [1.807, 2.05) is 11.8 Å². The lowest BCUT2D eigenvalue weighted by Crippen LogP contribution is -2.42. The third kappa shape index (κ3) is 6.36. The number of halogens is 1. The molecule has 0 spiro atoms. The summed E-state index contributed by atoms with van der Waals surface area (Å²) in [7, 11) is 0. The molecule has 1 aliphatic rings. The first-order valence-corrected chi connectivity index (χ1v) is 9.13. The lowest BCUT2D eigenvalue weighted by atomic mass is 10.00. The fraction of sp³-hybridized carbons (Fsp3) is 0.579. The van der Waals surface area contributed by atoms with Gasteiger partial charge in [-0.15, -0.1) is 0 Å². The number of carbonyl (C=O) groups is 1. The topological polar surface area (TPSA) is 56.7 Å². The van der Waals surface area contributed by atoms with E-state index in [4.69, 9.17) is 0 Å². The number of likely N-dealkylation sites (tertiary alicyclic amines) is 1. The molecule has 1 aromatic rings. The second-order valence-electron chi connectivity index (χ2n) is 6.55. The molecule has 0 radical (unpaired) electrons. The van der Waals surface area contributed by atoms with Crippen molar-refractivity contribution in [3.63, 3.8) is 0 Å². The summed E-state index contributed by atoms with van der Waals surface area (Å²) in [5.41, 5.74) is 0.554. The van der Waals surface area contributed by atoms with Gasteiger partial charge in [0.15, 0.2) is 5.96 Å². The highest BCUT2D eigenvalue weighted by atomic mass is 19.1. The molecule has 0 bridgehead atoms. The summed E-state index contributed by atoms with van der Waals surface area (Å²) in [5, 5.41) is 6.28. The van der Waals surface area contributed by atoms with Gasteiger partial charge in [0, 0.05) is 38.2 Å². The van der Waals surface area contributed by atoms with Crippen LogP contribution in [0.3, 0.4) is 0 Å². The Labute approximate surface area is 149 Å². The zero-order chi connectivity index (χ0) is 18.1. The number of carbonyl (C=O) groups excluding carboxylic acids is 1. The van der Waals surface area contributed by atoms with Crippen molar-refractivity contribution < 1.29 is 9.18 Å². The largest absolute Gasteiger partial charge is 0.357 e. The number of hydrogen-bond acceptors (Lipinski definition) is 2. The van der Waals surface area contributed by atoms with Crippen LogP contribution < -0.4 is 10.6 Å². The number of amides is 1. The van der Waals surface area contributed by atoms with Crippen molar-refractivity contribution in [1.29, 1.82) is 0 Å². The average Bonchev–Trinajstić information content (AvgIpc) is 2.60. The van der Waals surface area contributed by atoms with E-state index in [9.17, 15) is 9.18 Å². The molecule has 2 rings (SSSR count). The molecule has 5 nitrogen and oxygen atoms in total. The number of nitrogens with one attached hydrogen (secondary N) is 2. The smallest absolute Gasteiger partial charge is 0.224 e. The Morgan fingerprint density at radius 1 is 1.36 bits per heavy atom. The van der Waals surface area contributed by atoms with E-state index in [1.165, 1.54) is 12.5 Å². The van der Waals surface area contributed by atoms with E-state index in [-0.39, 0.29) is 18.3 Å². The third-order valence-corrected chi connectivity index (χ3v) is 4.35. The van der Waals surface area contributed by atoms with Crippen LogP contribution in [0.1, 0.15) is 38.7 Å². The molecule has 6 heteroatoms. The number of guanidine groups is 1. The second kappa shape index (κ2) is 10.0. The molecule has 1 amide bonds. The molecule has 0 saturated carbocycles. The third-order valence-electron chi connectivity index (χ3n) is 4.35. The highest BCUT2D eigenvalue weighted by molar-refractivity contribution is 5.81. The second-order valence-corrected chi connectivity index (χ2v) is 6.55. The van der Waals surface area contributed by atoms with Crippen LogP contribution in [0.2, 0.25) is 0 Å². The van der Waals surface area contributed by atoms with Gasteiger partial charge in [0.2, 0.25) is 5.91 Å². The molecule has 1 saturated heterocycles. The molecule has 25 heavy (non-hydrogen) atoms. The van der Waals surface area contributed by atoms with Crippen LogP contribution in [-0.2, 0) is 11.3 Å². The van der Waals surface area contributed by atoms with E-state index in [2.05, 4.69) is 22.5 Å². The van der Waals surface area contributed by atoms with Gasteiger partial charge in [0.25, 0.3) is 0 Å². The lowest BCUT2D eigenvalue weighted by molar-refractivity contribution is -0.132. The normalized spacial score (nSPS) is 18.1. The molecular formula is C19H29FN4O. The zero-order valence-corrected chi connectivity index (χ0v) is 15.2. The van der Waals surface area contributed by atoms with Crippen molar-refractivity contribution in [3.05, 3.63) is 35.6 Å². The first kappa shape index (κ1) is 19.2. The monoisotopic (exact) mass is 348 g/mol. The van der Waals surface area contributed by atoms with Crippen LogP contribution in [0.5, 0.6) is 0 Å². The minimum atomic E-state index is -0.253. The van der Waals surface area contributed by atoms with Gasteiger partial charge < -0.3 is 15.5 Å². The maximum absolute atomic E-state index is 13.7. The van der Waals surface area contributed by atoms with Crippen LogP contribution in [0.15, 0.2) is 29.3 Å². The molecule has 0 aliphatic carbocycles. The van der Waals surface area contributed by atoms with Gasteiger partial charge in [-0.3, -0.25) is 4.79 Å². The van der Waals surface area contributed by atoms with Crippen molar-refractivity contribution in [3.8, 4) is 0 Å². The van der Waals surface area contributed by atoms with Crippen molar-refractivity contribution in [1.82, 2.24) is 15.5 Å². The van der Waals surface area contributed by atoms with Gasteiger partial charge in [-0.2, -0.15) is 0 Å². The molecule has 0 aromatic heterocycles. The van der Waals surface area contributed by atoms with E-state index in [0.717, 1.165) is 19.5 Å². The van der Waals surface area contributed by atoms with Crippen molar-refractivity contribution in [2.45, 2.75) is 39.7 Å². The summed E-state index contributed by atoms with van der Waals surface area (Å²) < 4.78 is 13.7. The van der Waals surface area contributed by atoms with E-state index < -0.39 is 0 Å². The lowest BCUT2D eigenvalue weighted by Gasteiger charge is -2.31. The average molecular weight is 348 g/mol. The quantitative estimate of drug-likeness (QED) is 0.614. The highest BCUT2D eigenvalue weighted by Gasteiger charge is 2.20. The fourth-order valence-corrected chi connectivity index (χ4v) is 2.99. The Kier molecular flexibility index (Phi) is 7.70. The maximum Gasteiger partial charge on any atom is 0.224 e. The minimum Gasteiger partial charge on any atom is -0.357 e. The maximum atomic E-state index is 13.7. The number of piperidine rings is 1. The molecule has 1 atom stereocenters. The summed E-state index contributed by atoms with van der Waals surface area (Å²) in [6.07, 6.45) is 2.74. The first-order chi connectivity index (χ1) is 12.1. The molecule has 138 valence electrons. The molecule has 1 fully saturated rings. The Hall–Kier alpha value is -2.11. The van der Waals surface area contributed by atoms with Gasteiger partial charge in [-0.05, 0) is 31.7 Å². The number of nitrogens with zero attached hydrogens (tertiary/aromatic N) is 2. The van der Waals surface area contributed by atoms with Gasteiger partial charge in [-0.25, -0.2) is 9.38 Å². The van der Waals surface area contributed by atoms with E-state index in [1.54, 1.807) is 18.2 Å². The number of benzene rings is 1. The molecule has 2 N–H and O–H groups in total. The van der Waals surface area contributed by atoms with Crippen LogP contribution in [0.4, 0.5) is 4.39 Å². The highest BCUT2D eigenvalue weighted by Crippen LogP contribution is 2.15. The summed E-state index contributed by atoms with van der Waals surface area (Å²) >= 11 is 0. The van der Waals surface area contributed by atoms with Crippen LogP contribution in [0, 0.1) is 11.7 Å². The standard InChI is InChI=1S/C19H29FN4O/c1-3-21-19(23-13-16-8-4-5-9-17(16)20)22-11-10-18(25)24-12-6-7-15(2)14-24/h4-5,8-9,15H,3,6-7,10-14H2,1-2H3,(H2,21,22,23). The summed E-state index contributed by atoms with van der Waals surface area (Å²) in [6.45, 7) is 7.38. The number of rotatable bonds is 6. The minimum absolute atomic E-state index is 0.184. The fourth-order valence-electron chi connectivity index (χ4n) is 2.99.